The van der Waals surface area contributed by atoms with E-state index in [0.717, 1.165) is 25.7 Å². The highest BCUT2D eigenvalue weighted by molar-refractivity contribution is 6.15. The van der Waals surface area contributed by atoms with Crippen LogP contribution in [0.5, 0.6) is 0 Å². The second-order valence-electron chi connectivity index (χ2n) is 8.22. The van der Waals surface area contributed by atoms with Crippen LogP contribution < -0.4 is 16.4 Å². The first-order valence-electron chi connectivity index (χ1n) is 9.79. The normalized spacial score (nSPS) is 34.2. The molecule has 1 aromatic carbocycles. The van der Waals surface area contributed by atoms with Gasteiger partial charge in [0.2, 0.25) is 23.6 Å². The Hall–Kier alpha value is -2.74. The van der Waals surface area contributed by atoms with Gasteiger partial charge in [0.05, 0.1) is 11.8 Å². The molecule has 3 fully saturated rings. The number of hydrogen-bond donors (Lipinski definition) is 3. The second kappa shape index (κ2) is 5.88. The second-order valence-corrected chi connectivity index (χ2v) is 8.22. The van der Waals surface area contributed by atoms with Crippen LogP contribution in [0.25, 0.3) is 0 Å². The van der Waals surface area contributed by atoms with Gasteiger partial charge in [-0.1, -0.05) is 31.0 Å². The molecule has 4 aliphatic rings. The largest absolute Gasteiger partial charge is 0.370 e. The van der Waals surface area contributed by atoms with Gasteiger partial charge in [0.15, 0.2) is 0 Å². The smallest absolute Gasteiger partial charge is 0.250 e. The molecule has 1 aliphatic carbocycles. The molecular weight excluding hydrogens is 360 g/mol. The summed E-state index contributed by atoms with van der Waals surface area (Å²) in [7, 11) is 0. The van der Waals surface area contributed by atoms with Crippen molar-refractivity contribution in [2.24, 2.45) is 17.6 Å². The van der Waals surface area contributed by atoms with E-state index in [0.29, 0.717) is 11.3 Å². The van der Waals surface area contributed by atoms with Crippen molar-refractivity contribution in [3.8, 4) is 0 Å². The lowest BCUT2D eigenvalue weighted by atomic mass is 9.76. The predicted molar refractivity (Wildman–Crippen MR) is 98.6 cm³/mol. The van der Waals surface area contributed by atoms with Crippen molar-refractivity contribution < 1.29 is 19.2 Å². The minimum Gasteiger partial charge on any atom is -0.370 e. The zero-order valence-electron chi connectivity index (χ0n) is 15.3. The molecule has 28 heavy (non-hydrogen) atoms. The Morgan fingerprint density at radius 3 is 2.57 bits per heavy atom. The van der Waals surface area contributed by atoms with Crippen molar-refractivity contribution in [1.29, 1.82) is 0 Å². The summed E-state index contributed by atoms with van der Waals surface area (Å²) >= 11 is 0. The fraction of sp³-hybridized carbons (Fsp3) is 0.500. The monoisotopic (exact) mass is 382 g/mol. The Labute approximate surface area is 161 Å². The van der Waals surface area contributed by atoms with Crippen LogP contribution in [-0.4, -0.2) is 40.6 Å². The number of hydrogen-bond acceptors (Lipinski definition) is 5. The van der Waals surface area contributed by atoms with Gasteiger partial charge in [-0.05, 0) is 18.9 Å². The summed E-state index contributed by atoms with van der Waals surface area (Å²) in [4.78, 5) is 53.0. The molecule has 8 nitrogen and oxygen atoms in total. The van der Waals surface area contributed by atoms with E-state index >= 15 is 0 Å². The Morgan fingerprint density at radius 1 is 1.14 bits per heavy atom. The van der Waals surface area contributed by atoms with Gasteiger partial charge in [0.25, 0.3) is 0 Å². The highest BCUT2D eigenvalue weighted by Crippen LogP contribution is 2.54. The molecule has 0 aromatic heterocycles. The number of likely N-dealkylation sites (tertiary alicyclic amines) is 1. The Balaban J connectivity index is 1.64. The molecule has 1 aromatic rings. The Bertz CT molecular complexity index is 909. The van der Waals surface area contributed by atoms with Gasteiger partial charge in [0.1, 0.15) is 5.54 Å². The van der Waals surface area contributed by atoms with E-state index in [4.69, 9.17) is 5.73 Å². The molecule has 1 spiro atoms. The first-order valence-corrected chi connectivity index (χ1v) is 9.79. The van der Waals surface area contributed by atoms with Crippen LogP contribution in [0.4, 0.5) is 5.69 Å². The zero-order valence-corrected chi connectivity index (χ0v) is 15.3. The van der Waals surface area contributed by atoms with E-state index in [1.54, 1.807) is 24.3 Å². The molecule has 3 heterocycles. The number of imide groups is 1. The number of nitrogens with one attached hydrogen (secondary N) is 2. The number of amides is 4. The number of rotatable bonds is 3. The Kier molecular flexibility index (Phi) is 3.64. The molecule has 0 unspecified atom stereocenters. The number of benzene rings is 1. The maximum absolute atomic E-state index is 13.5. The average Bonchev–Trinajstić information content (AvgIpc) is 3.37. The molecule has 4 N–H and O–H groups in total. The Morgan fingerprint density at radius 2 is 1.86 bits per heavy atom. The SMILES string of the molecule is NC(=O)C[C@H]1N[C@@]2(C(=O)Nc3ccccc32)[C@@H]2C(=O)N(C3CCCC3)C(=O)[C@@H]21. The van der Waals surface area contributed by atoms with Gasteiger partial charge in [-0.15, -0.1) is 0 Å². The summed E-state index contributed by atoms with van der Waals surface area (Å²) in [6.45, 7) is 0. The van der Waals surface area contributed by atoms with Crippen LogP contribution in [0, 0.1) is 11.8 Å². The highest BCUT2D eigenvalue weighted by Gasteiger charge is 2.71. The molecule has 4 amide bonds. The third-order valence-electron chi connectivity index (χ3n) is 6.77. The minimum atomic E-state index is -1.35. The van der Waals surface area contributed by atoms with Gasteiger partial charge >= 0.3 is 0 Å². The van der Waals surface area contributed by atoms with Gasteiger partial charge < -0.3 is 11.1 Å². The van der Waals surface area contributed by atoms with E-state index in [2.05, 4.69) is 10.6 Å². The van der Waals surface area contributed by atoms with E-state index in [-0.39, 0.29) is 30.2 Å². The molecular formula is C20H22N4O4. The lowest BCUT2D eigenvalue weighted by Crippen LogP contribution is -2.54. The molecule has 3 aliphatic heterocycles. The van der Waals surface area contributed by atoms with Gasteiger partial charge in [-0.3, -0.25) is 29.4 Å². The standard InChI is InChI=1S/C20H22N4O4/c21-14(25)9-13-15-16(18(27)24(17(15)26)10-5-1-2-6-10)20(23-13)11-7-3-4-8-12(11)22-19(20)28/h3-4,7-8,10,13,15-16,23H,1-2,5-6,9H2,(H2,21,25)(H,22,28)/t13-,15-,16+,20-/m1/s1. The number of anilines is 1. The summed E-state index contributed by atoms with van der Waals surface area (Å²) in [5.41, 5.74) is 5.35. The number of carbonyl (C=O) groups is 4. The fourth-order valence-electron chi connectivity index (χ4n) is 5.69. The molecule has 146 valence electrons. The molecule has 4 atom stereocenters. The lowest BCUT2D eigenvalue weighted by Gasteiger charge is -2.31. The number of primary amides is 1. The van der Waals surface area contributed by atoms with Crippen LogP contribution in [-0.2, 0) is 24.7 Å². The summed E-state index contributed by atoms with van der Waals surface area (Å²) in [5.74, 6) is -3.15. The average molecular weight is 382 g/mol. The maximum Gasteiger partial charge on any atom is 0.250 e. The van der Waals surface area contributed by atoms with Crippen LogP contribution >= 0.6 is 0 Å². The third kappa shape index (κ3) is 2.09. The summed E-state index contributed by atoms with van der Waals surface area (Å²) in [5, 5.41) is 6.03. The highest BCUT2D eigenvalue weighted by atomic mass is 16.2. The minimum absolute atomic E-state index is 0.101. The molecule has 2 saturated heterocycles. The third-order valence-corrected chi connectivity index (χ3v) is 6.77. The number of fused-ring (bicyclic) bond motifs is 4. The van der Waals surface area contributed by atoms with Crippen molar-refractivity contribution >= 4 is 29.3 Å². The first kappa shape index (κ1) is 17.4. The first-order chi connectivity index (χ1) is 13.4. The van der Waals surface area contributed by atoms with Crippen LogP contribution in [0.1, 0.15) is 37.7 Å². The van der Waals surface area contributed by atoms with E-state index in [9.17, 15) is 19.2 Å². The fourth-order valence-corrected chi connectivity index (χ4v) is 5.69. The summed E-state index contributed by atoms with van der Waals surface area (Å²) in [6.07, 6.45) is 3.44. The number of carbonyl (C=O) groups excluding carboxylic acids is 4. The maximum atomic E-state index is 13.5. The number of nitrogens with zero attached hydrogens (tertiary/aromatic N) is 1. The van der Waals surface area contributed by atoms with Crippen LogP contribution in [0.2, 0.25) is 0 Å². The van der Waals surface area contributed by atoms with Crippen molar-refractivity contribution in [2.75, 3.05) is 5.32 Å². The molecule has 0 bridgehead atoms. The van der Waals surface area contributed by atoms with Gasteiger partial charge in [-0.2, -0.15) is 0 Å². The predicted octanol–water partition coefficient (Wildman–Crippen LogP) is 0.225. The van der Waals surface area contributed by atoms with Crippen molar-refractivity contribution in [2.45, 2.75) is 49.7 Å². The van der Waals surface area contributed by atoms with Gasteiger partial charge in [-0.25, -0.2) is 0 Å². The summed E-state index contributed by atoms with van der Waals surface area (Å²) in [6, 6.07) is 6.40. The van der Waals surface area contributed by atoms with Crippen LogP contribution in [0.15, 0.2) is 24.3 Å². The number of para-hydroxylation sites is 1. The van der Waals surface area contributed by atoms with E-state index in [1.807, 2.05) is 0 Å². The van der Waals surface area contributed by atoms with Gasteiger partial charge in [0, 0.05) is 29.8 Å². The quantitative estimate of drug-likeness (QED) is 0.646. The molecule has 8 heteroatoms. The molecule has 5 rings (SSSR count). The molecule has 1 saturated carbocycles. The van der Waals surface area contributed by atoms with E-state index < -0.39 is 29.3 Å². The van der Waals surface area contributed by atoms with E-state index in [1.165, 1.54) is 4.90 Å². The topological polar surface area (TPSA) is 122 Å². The van der Waals surface area contributed by atoms with Crippen molar-refractivity contribution in [3.05, 3.63) is 29.8 Å². The van der Waals surface area contributed by atoms with Crippen molar-refractivity contribution in [1.82, 2.24) is 10.2 Å². The molecule has 0 radical (unpaired) electrons. The lowest BCUT2D eigenvalue weighted by molar-refractivity contribution is -0.145. The van der Waals surface area contributed by atoms with Crippen LogP contribution in [0.3, 0.4) is 0 Å². The number of nitrogens with two attached hydrogens (primary N) is 1. The zero-order chi connectivity index (χ0) is 19.6. The summed E-state index contributed by atoms with van der Waals surface area (Å²) < 4.78 is 0. The van der Waals surface area contributed by atoms with Crippen molar-refractivity contribution in [3.63, 3.8) is 0 Å².